The molecule has 0 unspecified atom stereocenters. The highest BCUT2D eigenvalue weighted by Crippen LogP contribution is 2.27. The summed E-state index contributed by atoms with van der Waals surface area (Å²) in [6.45, 7) is 4.66. The number of halogens is 1. The molecule has 0 N–H and O–H groups in total. The molecule has 1 aromatic rings. The maximum absolute atomic E-state index is 12.4. The van der Waals surface area contributed by atoms with Crippen LogP contribution in [0.25, 0.3) is 0 Å². The molecule has 0 amide bonds. The Labute approximate surface area is 134 Å². The van der Waals surface area contributed by atoms with E-state index in [4.69, 9.17) is 21.1 Å². The van der Waals surface area contributed by atoms with Crippen molar-refractivity contribution in [1.82, 2.24) is 9.29 Å². The van der Waals surface area contributed by atoms with Gasteiger partial charge >= 0.3 is 0 Å². The molecule has 1 aliphatic rings. The SMILES string of the molecule is CCOCCOC1CCN(S(=O)(=O)c2cnc(Cl)s2)CC1. The second-order valence-electron chi connectivity index (χ2n) is 4.60. The van der Waals surface area contributed by atoms with Gasteiger partial charge in [0.1, 0.15) is 0 Å². The van der Waals surface area contributed by atoms with Crippen molar-refractivity contribution in [3.05, 3.63) is 10.7 Å². The van der Waals surface area contributed by atoms with E-state index >= 15 is 0 Å². The second kappa shape index (κ2) is 7.85. The fraction of sp³-hybridized carbons (Fsp3) is 0.750. The molecule has 21 heavy (non-hydrogen) atoms. The van der Waals surface area contributed by atoms with Crippen LogP contribution in [0.2, 0.25) is 4.47 Å². The molecule has 6 nitrogen and oxygen atoms in total. The first-order valence-corrected chi connectivity index (χ1v) is 9.48. The third-order valence-corrected chi connectivity index (χ3v) is 6.69. The zero-order valence-corrected chi connectivity index (χ0v) is 14.2. The van der Waals surface area contributed by atoms with Gasteiger partial charge in [0.05, 0.1) is 25.5 Å². The van der Waals surface area contributed by atoms with Gasteiger partial charge in [-0.1, -0.05) is 22.9 Å². The highest BCUT2D eigenvalue weighted by atomic mass is 35.5. The highest BCUT2D eigenvalue weighted by molar-refractivity contribution is 7.91. The Morgan fingerprint density at radius 2 is 2.14 bits per heavy atom. The zero-order chi connectivity index (χ0) is 15.3. The van der Waals surface area contributed by atoms with Gasteiger partial charge in [0.25, 0.3) is 10.0 Å². The van der Waals surface area contributed by atoms with E-state index in [1.54, 1.807) is 0 Å². The molecule has 9 heteroatoms. The van der Waals surface area contributed by atoms with Crippen LogP contribution in [-0.4, -0.2) is 56.7 Å². The number of sulfonamides is 1. The molecule has 1 saturated heterocycles. The maximum Gasteiger partial charge on any atom is 0.254 e. The van der Waals surface area contributed by atoms with E-state index in [1.165, 1.54) is 10.5 Å². The van der Waals surface area contributed by atoms with E-state index in [0.29, 0.717) is 45.8 Å². The molecule has 0 spiro atoms. The Bertz CT molecular complexity index is 541. The van der Waals surface area contributed by atoms with Crippen LogP contribution in [0.5, 0.6) is 0 Å². The first-order chi connectivity index (χ1) is 10.0. The van der Waals surface area contributed by atoms with Gasteiger partial charge in [-0.25, -0.2) is 13.4 Å². The second-order valence-corrected chi connectivity index (χ2v) is 8.38. The quantitative estimate of drug-likeness (QED) is 0.700. The minimum atomic E-state index is -3.47. The average Bonchev–Trinajstić information content (AvgIpc) is 2.91. The van der Waals surface area contributed by atoms with E-state index in [0.717, 1.165) is 11.3 Å². The van der Waals surface area contributed by atoms with Crippen molar-refractivity contribution in [3.63, 3.8) is 0 Å². The molecule has 1 fully saturated rings. The lowest BCUT2D eigenvalue weighted by atomic mass is 10.1. The summed E-state index contributed by atoms with van der Waals surface area (Å²) in [6.07, 6.45) is 2.80. The van der Waals surface area contributed by atoms with Crippen molar-refractivity contribution >= 4 is 33.0 Å². The van der Waals surface area contributed by atoms with Gasteiger partial charge in [0, 0.05) is 19.7 Å². The lowest BCUT2D eigenvalue weighted by Crippen LogP contribution is -2.40. The Balaban J connectivity index is 1.83. The summed E-state index contributed by atoms with van der Waals surface area (Å²) >= 11 is 6.69. The van der Waals surface area contributed by atoms with Crippen LogP contribution in [0, 0.1) is 0 Å². The van der Waals surface area contributed by atoms with Crippen LogP contribution >= 0.6 is 22.9 Å². The average molecular weight is 355 g/mol. The van der Waals surface area contributed by atoms with Gasteiger partial charge in [0.15, 0.2) is 8.68 Å². The van der Waals surface area contributed by atoms with Crippen LogP contribution in [0.1, 0.15) is 19.8 Å². The van der Waals surface area contributed by atoms with E-state index in [1.807, 2.05) is 6.92 Å². The molecule has 0 saturated carbocycles. The van der Waals surface area contributed by atoms with E-state index in [-0.39, 0.29) is 14.8 Å². The Hall–Kier alpha value is -0.250. The van der Waals surface area contributed by atoms with E-state index in [9.17, 15) is 8.42 Å². The molecular weight excluding hydrogens is 336 g/mol. The van der Waals surface area contributed by atoms with Gasteiger partial charge in [-0.3, -0.25) is 0 Å². The molecule has 0 radical (unpaired) electrons. The Morgan fingerprint density at radius 3 is 2.71 bits per heavy atom. The van der Waals surface area contributed by atoms with Gasteiger partial charge in [-0.15, -0.1) is 0 Å². The monoisotopic (exact) mass is 354 g/mol. The molecule has 1 aromatic heterocycles. The Kier molecular flexibility index (Phi) is 6.39. The summed E-state index contributed by atoms with van der Waals surface area (Å²) in [5, 5.41) is 0. The number of rotatable bonds is 7. The van der Waals surface area contributed by atoms with E-state index < -0.39 is 10.0 Å². The highest BCUT2D eigenvalue weighted by Gasteiger charge is 2.31. The van der Waals surface area contributed by atoms with Gasteiger partial charge < -0.3 is 9.47 Å². The Morgan fingerprint density at radius 1 is 1.43 bits per heavy atom. The molecule has 0 aromatic carbocycles. The summed E-state index contributed by atoms with van der Waals surface area (Å²) in [5.41, 5.74) is 0. The number of thiazole rings is 1. The number of hydrogen-bond donors (Lipinski definition) is 0. The zero-order valence-electron chi connectivity index (χ0n) is 11.8. The van der Waals surface area contributed by atoms with Crippen molar-refractivity contribution in [1.29, 1.82) is 0 Å². The van der Waals surface area contributed by atoms with Crippen LogP contribution in [0.3, 0.4) is 0 Å². The molecule has 0 atom stereocenters. The van der Waals surface area contributed by atoms with Crippen LogP contribution < -0.4 is 0 Å². The number of hydrogen-bond acceptors (Lipinski definition) is 6. The maximum atomic E-state index is 12.4. The summed E-state index contributed by atoms with van der Waals surface area (Å²) in [6, 6.07) is 0. The van der Waals surface area contributed by atoms with Crippen molar-refractivity contribution in [2.45, 2.75) is 30.1 Å². The van der Waals surface area contributed by atoms with Crippen molar-refractivity contribution in [2.24, 2.45) is 0 Å². The van der Waals surface area contributed by atoms with Crippen molar-refractivity contribution in [3.8, 4) is 0 Å². The molecule has 1 aliphatic heterocycles. The molecule has 0 bridgehead atoms. The fourth-order valence-corrected chi connectivity index (χ4v) is 5.06. The number of piperidine rings is 1. The predicted octanol–water partition coefficient (Wildman–Crippen LogP) is 2.00. The van der Waals surface area contributed by atoms with Crippen molar-refractivity contribution < 1.29 is 17.9 Å². The summed E-state index contributed by atoms with van der Waals surface area (Å²) in [5.74, 6) is 0. The summed E-state index contributed by atoms with van der Waals surface area (Å²) in [4.78, 5) is 3.79. The molecule has 2 rings (SSSR count). The third kappa shape index (κ3) is 4.61. The molecular formula is C12H19ClN2O4S2. The number of ether oxygens (including phenoxy) is 2. The molecule has 2 heterocycles. The van der Waals surface area contributed by atoms with Gasteiger partial charge in [0.2, 0.25) is 0 Å². The minimum Gasteiger partial charge on any atom is -0.379 e. The summed E-state index contributed by atoms with van der Waals surface area (Å²) in [7, 11) is -3.47. The normalized spacial score (nSPS) is 18.2. The van der Waals surface area contributed by atoms with Gasteiger partial charge in [-0.2, -0.15) is 4.31 Å². The van der Waals surface area contributed by atoms with Crippen molar-refractivity contribution in [2.75, 3.05) is 32.9 Å². The topological polar surface area (TPSA) is 68.7 Å². The van der Waals surface area contributed by atoms with E-state index in [2.05, 4.69) is 4.98 Å². The first kappa shape index (κ1) is 17.1. The third-order valence-electron chi connectivity index (χ3n) is 3.24. The predicted molar refractivity (Wildman–Crippen MR) is 81.3 cm³/mol. The summed E-state index contributed by atoms with van der Waals surface area (Å²) < 4.78 is 37.6. The van der Waals surface area contributed by atoms with Crippen LogP contribution in [-0.2, 0) is 19.5 Å². The van der Waals surface area contributed by atoms with Crippen LogP contribution in [0.15, 0.2) is 10.4 Å². The lowest BCUT2D eigenvalue weighted by Gasteiger charge is -2.30. The number of aromatic nitrogens is 1. The largest absolute Gasteiger partial charge is 0.379 e. The molecule has 0 aliphatic carbocycles. The number of nitrogens with zero attached hydrogens (tertiary/aromatic N) is 2. The minimum absolute atomic E-state index is 0.0990. The van der Waals surface area contributed by atoms with Gasteiger partial charge in [-0.05, 0) is 19.8 Å². The molecule has 120 valence electrons. The first-order valence-electron chi connectivity index (χ1n) is 6.85. The van der Waals surface area contributed by atoms with Crippen LogP contribution in [0.4, 0.5) is 0 Å². The fourth-order valence-electron chi connectivity index (χ4n) is 2.14. The standard InChI is InChI=1S/C12H19ClN2O4S2/c1-2-18-7-8-19-10-3-5-15(6-4-10)21(16,17)11-9-14-12(13)20-11/h9-10H,2-8H2,1H3. The smallest absolute Gasteiger partial charge is 0.254 e. The lowest BCUT2D eigenvalue weighted by molar-refractivity contribution is -0.0121.